The summed E-state index contributed by atoms with van der Waals surface area (Å²) in [6.07, 6.45) is 2.49. The number of ether oxygens (including phenoxy) is 2. The van der Waals surface area contributed by atoms with Gasteiger partial charge in [0, 0.05) is 49.4 Å². The third-order valence-corrected chi connectivity index (χ3v) is 9.25. The van der Waals surface area contributed by atoms with E-state index in [4.69, 9.17) is 9.47 Å². The van der Waals surface area contributed by atoms with Gasteiger partial charge in [0.15, 0.2) is 0 Å². The van der Waals surface area contributed by atoms with Gasteiger partial charge in [0.25, 0.3) is 5.91 Å². The standard InChI is InChI=1S/C34H41FN4O6/c1-21(23-7-8-23)38(18-22-5-9-25(35)10-6-22)29(40)20-39-30(41)34(45-32(39)43)15-13-24-17-26(11-12-28(24)34)36-27-14-16-37(19-27)31(42)44-33(2,3)4/h5-6,9-12,17,21,23,27,36H,7-8,13-16,18-20H2,1-4H3/t21-,27?,34?/m0/s1. The van der Waals surface area contributed by atoms with E-state index in [0.29, 0.717) is 37.4 Å². The summed E-state index contributed by atoms with van der Waals surface area (Å²) >= 11 is 0. The Bertz CT molecular complexity index is 1500. The van der Waals surface area contributed by atoms with Gasteiger partial charge < -0.3 is 24.6 Å². The normalized spacial score (nSPS) is 23.3. The Hall–Kier alpha value is -4.15. The lowest BCUT2D eigenvalue weighted by atomic mass is 9.94. The van der Waals surface area contributed by atoms with Crippen LogP contribution in [0.5, 0.6) is 0 Å². The number of amides is 4. The Kier molecular flexibility index (Phi) is 7.99. The summed E-state index contributed by atoms with van der Waals surface area (Å²) < 4.78 is 24.8. The van der Waals surface area contributed by atoms with Crippen LogP contribution in [0.25, 0.3) is 0 Å². The first kappa shape index (κ1) is 30.9. The van der Waals surface area contributed by atoms with Gasteiger partial charge in [-0.2, -0.15) is 0 Å². The number of rotatable bonds is 8. The van der Waals surface area contributed by atoms with Crippen LogP contribution in [0.3, 0.4) is 0 Å². The van der Waals surface area contributed by atoms with Crippen LogP contribution >= 0.6 is 0 Å². The van der Waals surface area contributed by atoms with Crippen molar-refractivity contribution in [2.24, 2.45) is 5.92 Å². The van der Waals surface area contributed by atoms with E-state index in [1.807, 2.05) is 45.9 Å². The summed E-state index contributed by atoms with van der Waals surface area (Å²) in [4.78, 5) is 57.4. The molecule has 1 N–H and O–H groups in total. The van der Waals surface area contributed by atoms with Crippen molar-refractivity contribution >= 4 is 29.7 Å². The van der Waals surface area contributed by atoms with Crippen molar-refractivity contribution in [2.45, 2.75) is 89.6 Å². The van der Waals surface area contributed by atoms with Gasteiger partial charge in [-0.05, 0) is 94.7 Å². The number of anilines is 1. The van der Waals surface area contributed by atoms with Crippen LogP contribution in [-0.4, -0.2) is 76.0 Å². The molecule has 6 rings (SSSR count). The lowest BCUT2D eigenvalue weighted by Crippen LogP contribution is -2.47. The topological polar surface area (TPSA) is 108 Å². The number of aryl methyl sites for hydroxylation is 1. The zero-order valence-corrected chi connectivity index (χ0v) is 26.3. The molecule has 1 saturated carbocycles. The smallest absolute Gasteiger partial charge is 0.418 e. The highest BCUT2D eigenvalue weighted by Gasteiger charge is 2.58. The molecule has 2 aromatic carbocycles. The summed E-state index contributed by atoms with van der Waals surface area (Å²) in [5.74, 6) is -0.873. The van der Waals surface area contributed by atoms with Gasteiger partial charge in [0.1, 0.15) is 18.0 Å². The van der Waals surface area contributed by atoms with Crippen molar-refractivity contribution in [2.75, 3.05) is 25.0 Å². The monoisotopic (exact) mass is 620 g/mol. The molecule has 2 aliphatic heterocycles. The van der Waals surface area contributed by atoms with Crippen LogP contribution in [0.2, 0.25) is 0 Å². The van der Waals surface area contributed by atoms with Crippen LogP contribution in [0.15, 0.2) is 42.5 Å². The fourth-order valence-electron chi connectivity index (χ4n) is 6.65. The molecule has 0 bridgehead atoms. The molecule has 2 aliphatic carbocycles. The second kappa shape index (κ2) is 11.7. The Balaban J connectivity index is 1.12. The Labute approximate surface area is 262 Å². The zero-order chi connectivity index (χ0) is 32.1. The number of carbonyl (C=O) groups is 4. The molecule has 3 atom stereocenters. The number of benzene rings is 2. The van der Waals surface area contributed by atoms with Gasteiger partial charge in [-0.1, -0.05) is 18.2 Å². The highest BCUT2D eigenvalue weighted by atomic mass is 19.1. The number of hydrogen-bond acceptors (Lipinski definition) is 7. The number of nitrogens with one attached hydrogen (secondary N) is 1. The van der Waals surface area contributed by atoms with Gasteiger partial charge in [0.2, 0.25) is 11.5 Å². The number of hydrogen-bond donors (Lipinski definition) is 1. The van der Waals surface area contributed by atoms with Crippen LogP contribution in [0.4, 0.5) is 19.7 Å². The maximum absolute atomic E-state index is 13.8. The predicted molar refractivity (Wildman–Crippen MR) is 164 cm³/mol. The molecule has 4 aliphatic rings. The quantitative estimate of drug-likeness (QED) is 0.433. The van der Waals surface area contributed by atoms with Gasteiger partial charge >= 0.3 is 12.2 Å². The molecular formula is C34H41FN4O6. The van der Waals surface area contributed by atoms with Crippen molar-refractivity contribution < 1.29 is 33.0 Å². The number of imide groups is 1. The van der Waals surface area contributed by atoms with E-state index in [-0.39, 0.29) is 36.4 Å². The van der Waals surface area contributed by atoms with Crippen molar-refractivity contribution in [3.05, 3.63) is 65.0 Å². The van der Waals surface area contributed by atoms with Gasteiger partial charge in [-0.15, -0.1) is 0 Å². The van der Waals surface area contributed by atoms with E-state index in [1.54, 1.807) is 21.9 Å². The van der Waals surface area contributed by atoms with E-state index in [2.05, 4.69) is 5.32 Å². The fourth-order valence-corrected chi connectivity index (χ4v) is 6.65. The highest BCUT2D eigenvalue weighted by molar-refractivity contribution is 6.06. The molecule has 2 heterocycles. The molecule has 2 aromatic rings. The van der Waals surface area contributed by atoms with E-state index in [1.165, 1.54) is 12.1 Å². The second-order valence-electron chi connectivity index (χ2n) is 13.7. The average Bonchev–Trinajstić information content (AvgIpc) is 3.56. The summed E-state index contributed by atoms with van der Waals surface area (Å²) in [7, 11) is 0. The minimum absolute atomic E-state index is 0.0502. The number of halogens is 1. The summed E-state index contributed by atoms with van der Waals surface area (Å²) in [5.41, 5.74) is 1.16. The molecule has 2 unspecified atom stereocenters. The molecule has 240 valence electrons. The highest BCUT2D eigenvalue weighted by Crippen LogP contribution is 2.46. The second-order valence-corrected chi connectivity index (χ2v) is 13.7. The van der Waals surface area contributed by atoms with Crippen LogP contribution in [-0.2, 0) is 37.6 Å². The Morgan fingerprint density at radius 1 is 1.13 bits per heavy atom. The van der Waals surface area contributed by atoms with E-state index in [9.17, 15) is 23.6 Å². The minimum Gasteiger partial charge on any atom is -0.444 e. The number of nitrogens with zero attached hydrogens (tertiary/aromatic N) is 3. The van der Waals surface area contributed by atoms with Crippen LogP contribution < -0.4 is 5.32 Å². The Morgan fingerprint density at radius 3 is 2.56 bits per heavy atom. The first-order valence-electron chi connectivity index (χ1n) is 15.8. The van der Waals surface area contributed by atoms with E-state index in [0.717, 1.165) is 41.0 Å². The molecule has 3 fully saturated rings. The lowest BCUT2D eigenvalue weighted by molar-refractivity contribution is -0.143. The summed E-state index contributed by atoms with van der Waals surface area (Å²) in [5, 5.41) is 3.49. The number of fused-ring (bicyclic) bond motifs is 2. The largest absolute Gasteiger partial charge is 0.444 e. The SMILES string of the molecule is C[C@@H](C1CC1)N(Cc1ccc(F)cc1)C(=O)CN1C(=O)OC2(CCc3cc(NC4CCN(C(=O)OC(C)(C)C)C4)ccc32)C1=O. The van der Waals surface area contributed by atoms with E-state index < -0.39 is 29.7 Å². The Morgan fingerprint density at radius 2 is 1.87 bits per heavy atom. The van der Waals surface area contributed by atoms with Crippen molar-refractivity contribution in [3.8, 4) is 0 Å². The molecule has 4 amide bonds. The van der Waals surface area contributed by atoms with Crippen LogP contribution in [0.1, 0.15) is 70.1 Å². The molecule has 10 nitrogen and oxygen atoms in total. The molecule has 11 heteroatoms. The third kappa shape index (κ3) is 6.35. The van der Waals surface area contributed by atoms with Gasteiger partial charge in [-0.3, -0.25) is 9.59 Å². The van der Waals surface area contributed by atoms with E-state index >= 15 is 0 Å². The lowest BCUT2D eigenvalue weighted by Gasteiger charge is -2.30. The van der Waals surface area contributed by atoms with Crippen molar-refractivity contribution in [3.63, 3.8) is 0 Å². The van der Waals surface area contributed by atoms with Gasteiger partial charge in [0.05, 0.1) is 0 Å². The maximum Gasteiger partial charge on any atom is 0.418 e. The molecule has 1 spiro atoms. The minimum atomic E-state index is -1.45. The van der Waals surface area contributed by atoms with Crippen molar-refractivity contribution in [1.82, 2.24) is 14.7 Å². The predicted octanol–water partition coefficient (Wildman–Crippen LogP) is 5.19. The van der Waals surface area contributed by atoms with Gasteiger partial charge in [-0.25, -0.2) is 18.9 Å². The number of likely N-dealkylation sites (tertiary alicyclic amines) is 1. The maximum atomic E-state index is 13.8. The molecule has 0 aromatic heterocycles. The summed E-state index contributed by atoms with van der Waals surface area (Å²) in [6, 6.07) is 11.6. The summed E-state index contributed by atoms with van der Waals surface area (Å²) in [6.45, 7) is 8.47. The van der Waals surface area contributed by atoms with Crippen LogP contribution in [0, 0.1) is 11.7 Å². The average molecular weight is 621 g/mol. The molecule has 0 radical (unpaired) electrons. The number of carbonyl (C=O) groups excluding carboxylic acids is 4. The zero-order valence-electron chi connectivity index (χ0n) is 26.3. The molecule has 45 heavy (non-hydrogen) atoms. The third-order valence-electron chi connectivity index (χ3n) is 9.25. The first-order chi connectivity index (χ1) is 21.3. The fraction of sp³-hybridized carbons (Fsp3) is 0.529. The first-order valence-corrected chi connectivity index (χ1v) is 15.8. The van der Waals surface area contributed by atoms with Crippen molar-refractivity contribution in [1.29, 1.82) is 0 Å². The molecular weight excluding hydrogens is 579 g/mol. The molecule has 2 saturated heterocycles.